The first kappa shape index (κ1) is 19.2. The van der Waals surface area contributed by atoms with Crippen molar-refractivity contribution in [2.45, 2.75) is 44.7 Å². The predicted molar refractivity (Wildman–Crippen MR) is 106 cm³/mol. The van der Waals surface area contributed by atoms with Gasteiger partial charge in [0.25, 0.3) is 0 Å². The molecule has 1 aromatic carbocycles. The molecular weight excluding hydrogens is 388 g/mol. The number of methoxy groups -OCH3 is 1. The van der Waals surface area contributed by atoms with Crippen LogP contribution in [0.4, 0.5) is 0 Å². The standard InChI is InChI=1S/C23H22O7/c1-22(2)29-21-13-8-12-18(16(13)14(24)9-23(21,3)30-22)19(25)11-6-5-7-15(28-10-27-4)17(11)20(12)26/h5-8,21,26H,9-10H2,1-4H3/t21-,23+/m1/s1. The first-order chi connectivity index (χ1) is 14.2. The zero-order chi connectivity index (χ0) is 21.4. The van der Waals surface area contributed by atoms with Crippen LogP contribution in [0.15, 0.2) is 46.6 Å². The van der Waals surface area contributed by atoms with Gasteiger partial charge in [-0.1, -0.05) is 12.1 Å². The minimum atomic E-state index is -0.862. The monoisotopic (exact) mass is 410 g/mol. The van der Waals surface area contributed by atoms with Crippen molar-refractivity contribution in [1.82, 2.24) is 0 Å². The molecule has 1 aromatic rings. The SMILES string of the molecule is COCOc1cccc2c1C(O)=C1C=C3C(=C1C2=O)C(=O)C[C@]1(C)OC(C)(C)O[C@H]31. The molecule has 1 N–H and O–H groups in total. The molecule has 0 spiro atoms. The van der Waals surface area contributed by atoms with Crippen molar-refractivity contribution in [1.29, 1.82) is 0 Å². The number of hydrogen-bond donors (Lipinski definition) is 1. The Morgan fingerprint density at radius 3 is 2.70 bits per heavy atom. The van der Waals surface area contributed by atoms with Gasteiger partial charge in [-0.15, -0.1) is 0 Å². The minimum Gasteiger partial charge on any atom is -0.507 e. The second-order valence-electron chi connectivity index (χ2n) is 8.58. The summed E-state index contributed by atoms with van der Waals surface area (Å²) in [5, 5.41) is 11.1. The van der Waals surface area contributed by atoms with E-state index in [-0.39, 0.29) is 41.7 Å². The van der Waals surface area contributed by atoms with Crippen LogP contribution in [0, 0.1) is 0 Å². The number of carbonyl (C=O) groups excluding carboxylic acids is 2. The van der Waals surface area contributed by atoms with Gasteiger partial charge in [0.2, 0.25) is 0 Å². The zero-order valence-electron chi connectivity index (χ0n) is 17.2. The summed E-state index contributed by atoms with van der Waals surface area (Å²) in [7, 11) is 1.49. The fourth-order valence-corrected chi connectivity index (χ4v) is 4.96. The third kappa shape index (κ3) is 2.49. The molecule has 1 saturated heterocycles. The fourth-order valence-electron chi connectivity index (χ4n) is 4.96. The van der Waals surface area contributed by atoms with Crippen LogP contribution in [-0.2, 0) is 19.0 Å². The Labute approximate surface area is 173 Å². The molecule has 0 aromatic heterocycles. The summed E-state index contributed by atoms with van der Waals surface area (Å²) < 4.78 is 22.7. The van der Waals surface area contributed by atoms with E-state index in [2.05, 4.69) is 0 Å². The van der Waals surface area contributed by atoms with Crippen molar-refractivity contribution in [2.75, 3.05) is 13.9 Å². The van der Waals surface area contributed by atoms with Gasteiger partial charge in [-0.3, -0.25) is 9.59 Å². The average molecular weight is 410 g/mol. The highest BCUT2D eigenvalue weighted by molar-refractivity contribution is 6.25. The molecule has 1 saturated carbocycles. The Morgan fingerprint density at radius 1 is 1.20 bits per heavy atom. The van der Waals surface area contributed by atoms with Crippen molar-refractivity contribution in [3.8, 4) is 5.75 Å². The third-order valence-corrected chi connectivity index (χ3v) is 5.94. The lowest BCUT2D eigenvalue weighted by Crippen LogP contribution is -2.45. The van der Waals surface area contributed by atoms with Gasteiger partial charge in [0.1, 0.15) is 23.2 Å². The van der Waals surface area contributed by atoms with Crippen LogP contribution in [0.5, 0.6) is 5.75 Å². The topological polar surface area (TPSA) is 91.3 Å². The maximum absolute atomic E-state index is 13.4. The lowest BCUT2D eigenvalue weighted by molar-refractivity contribution is -0.160. The Morgan fingerprint density at radius 2 is 1.97 bits per heavy atom. The smallest absolute Gasteiger partial charge is 0.195 e. The Kier molecular flexibility index (Phi) is 3.93. The summed E-state index contributed by atoms with van der Waals surface area (Å²) in [5.74, 6) is -1.14. The molecule has 5 rings (SSSR count). The van der Waals surface area contributed by atoms with E-state index in [0.717, 1.165) is 0 Å². The molecular formula is C23H22O7. The highest BCUT2D eigenvalue weighted by Gasteiger charge is 2.58. The molecule has 3 aliphatic carbocycles. The molecule has 30 heavy (non-hydrogen) atoms. The summed E-state index contributed by atoms with van der Waals surface area (Å²) in [6.45, 7) is 5.42. The zero-order valence-corrected chi connectivity index (χ0v) is 17.2. The van der Waals surface area contributed by atoms with E-state index in [1.807, 2.05) is 6.92 Å². The van der Waals surface area contributed by atoms with Crippen LogP contribution >= 0.6 is 0 Å². The molecule has 2 fully saturated rings. The normalized spacial score (nSPS) is 28.8. The molecule has 1 aliphatic heterocycles. The number of Topliss-reactive ketones (excluding diaryl/α,β-unsaturated/α-hetero) is 2. The maximum Gasteiger partial charge on any atom is 0.195 e. The number of carbonyl (C=O) groups is 2. The number of rotatable bonds is 3. The molecule has 4 aliphatic rings. The molecule has 1 heterocycles. The van der Waals surface area contributed by atoms with Crippen molar-refractivity contribution < 1.29 is 33.6 Å². The van der Waals surface area contributed by atoms with E-state index in [1.165, 1.54) is 7.11 Å². The van der Waals surface area contributed by atoms with Crippen LogP contribution in [0.2, 0.25) is 0 Å². The second kappa shape index (κ2) is 6.14. The van der Waals surface area contributed by atoms with Crippen LogP contribution in [-0.4, -0.2) is 48.1 Å². The number of aliphatic hydroxyl groups is 1. The van der Waals surface area contributed by atoms with Gasteiger partial charge in [0.15, 0.2) is 24.1 Å². The molecule has 7 heteroatoms. The largest absolute Gasteiger partial charge is 0.507 e. The van der Waals surface area contributed by atoms with Gasteiger partial charge >= 0.3 is 0 Å². The van der Waals surface area contributed by atoms with Crippen molar-refractivity contribution >= 4 is 17.3 Å². The fraction of sp³-hybridized carbons (Fsp3) is 0.391. The van der Waals surface area contributed by atoms with E-state index < -0.39 is 17.5 Å². The third-order valence-electron chi connectivity index (χ3n) is 5.94. The van der Waals surface area contributed by atoms with E-state index >= 15 is 0 Å². The van der Waals surface area contributed by atoms with E-state index in [4.69, 9.17) is 18.9 Å². The average Bonchev–Trinajstić information content (AvgIpc) is 3.19. The number of aliphatic hydroxyl groups excluding tert-OH is 1. The van der Waals surface area contributed by atoms with Gasteiger partial charge in [0.05, 0.1) is 5.56 Å². The summed E-state index contributed by atoms with van der Waals surface area (Å²) in [6, 6.07) is 4.95. The lowest BCUT2D eigenvalue weighted by Gasteiger charge is -2.34. The van der Waals surface area contributed by atoms with Gasteiger partial charge < -0.3 is 24.1 Å². The van der Waals surface area contributed by atoms with Crippen LogP contribution < -0.4 is 4.74 Å². The maximum atomic E-state index is 13.4. The number of fused-ring (bicyclic) bond motifs is 5. The molecule has 7 nitrogen and oxygen atoms in total. The Balaban J connectivity index is 1.71. The van der Waals surface area contributed by atoms with Crippen molar-refractivity contribution in [3.05, 3.63) is 57.7 Å². The first-order valence-electron chi connectivity index (χ1n) is 9.78. The van der Waals surface area contributed by atoms with E-state index in [0.29, 0.717) is 28.0 Å². The molecule has 0 amide bonds. The number of allylic oxidation sites excluding steroid dienone is 3. The Hall–Kier alpha value is -2.74. The van der Waals surface area contributed by atoms with Gasteiger partial charge in [-0.2, -0.15) is 0 Å². The van der Waals surface area contributed by atoms with Crippen LogP contribution in [0.3, 0.4) is 0 Å². The predicted octanol–water partition coefficient (Wildman–Crippen LogP) is 3.25. The van der Waals surface area contributed by atoms with Crippen LogP contribution in [0.25, 0.3) is 5.76 Å². The Bertz CT molecular complexity index is 1100. The summed E-state index contributed by atoms with van der Waals surface area (Å²) in [6.07, 6.45) is 1.26. The van der Waals surface area contributed by atoms with Gasteiger partial charge in [0, 0.05) is 35.8 Å². The number of ether oxygens (including phenoxy) is 4. The first-order valence-corrected chi connectivity index (χ1v) is 9.78. The van der Waals surface area contributed by atoms with Crippen LogP contribution in [0.1, 0.15) is 43.1 Å². The molecule has 2 atom stereocenters. The van der Waals surface area contributed by atoms with Crippen molar-refractivity contribution in [2.24, 2.45) is 0 Å². The minimum absolute atomic E-state index is 0.0263. The summed E-state index contributed by atoms with van der Waals surface area (Å²) in [4.78, 5) is 26.6. The van der Waals surface area contributed by atoms with Gasteiger partial charge in [-0.25, -0.2) is 0 Å². The molecule has 0 bridgehead atoms. The molecule has 0 radical (unpaired) electrons. The van der Waals surface area contributed by atoms with E-state index in [1.54, 1.807) is 38.1 Å². The van der Waals surface area contributed by atoms with Crippen molar-refractivity contribution in [3.63, 3.8) is 0 Å². The summed E-state index contributed by atoms with van der Waals surface area (Å²) >= 11 is 0. The highest BCUT2D eigenvalue weighted by atomic mass is 16.8. The van der Waals surface area contributed by atoms with E-state index in [9.17, 15) is 14.7 Å². The molecule has 156 valence electrons. The number of benzene rings is 1. The van der Waals surface area contributed by atoms with Gasteiger partial charge in [-0.05, 0) is 38.5 Å². The number of hydrogen-bond acceptors (Lipinski definition) is 7. The quantitative estimate of drug-likeness (QED) is 0.765. The molecule has 0 unspecified atom stereocenters. The number of ketones is 2. The lowest BCUT2D eigenvalue weighted by atomic mass is 9.76. The highest BCUT2D eigenvalue weighted by Crippen LogP contribution is 2.53. The second-order valence-corrected chi connectivity index (χ2v) is 8.58. The summed E-state index contributed by atoms with van der Waals surface area (Å²) in [5.41, 5.74) is 1.19.